The molecule has 0 bridgehead atoms. The van der Waals surface area contributed by atoms with Gasteiger partial charge in [-0.05, 0) is 44.0 Å². The van der Waals surface area contributed by atoms with Gasteiger partial charge in [0.05, 0.1) is 13.0 Å². The monoisotopic (exact) mass is 319 g/mol. The van der Waals surface area contributed by atoms with E-state index in [-0.39, 0.29) is 5.91 Å². The quantitative estimate of drug-likeness (QED) is 0.713. The van der Waals surface area contributed by atoms with Gasteiger partial charge in [-0.3, -0.25) is 4.79 Å². The van der Waals surface area contributed by atoms with Crippen LogP contribution in [-0.4, -0.2) is 56.7 Å². The Kier molecular flexibility index (Phi) is 7.36. The number of nitrogens with one attached hydrogen (secondary N) is 2. The van der Waals surface area contributed by atoms with Gasteiger partial charge in [0.1, 0.15) is 5.75 Å². The maximum atomic E-state index is 11.8. The van der Waals surface area contributed by atoms with Crippen LogP contribution in [0.3, 0.4) is 0 Å². The standard InChI is InChI=1S/C18H29N3O2/c1-15-4-5-16(2)17(14-15)23-13-6-18(22)20-7-3-10-21-11-8-19-9-12-21/h4-5,14,19H,3,6-13H2,1-2H3,(H,20,22). The van der Waals surface area contributed by atoms with Crippen LogP contribution in [0.15, 0.2) is 18.2 Å². The van der Waals surface area contributed by atoms with Crippen LogP contribution >= 0.6 is 0 Å². The predicted octanol–water partition coefficient (Wildman–Crippen LogP) is 1.48. The topological polar surface area (TPSA) is 53.6 Å². The minimum absolute atomic E-state index is 0.0654. The van der Waals surface area contributed by atoms with Crippen molar-refractivity contribution in [1.82, 2.24) is 15.5 Å². The van der Waals surface area contributed by atoms with E-state index in [1.807, 2.05) is 26.0 Å². The predicted molar refractivity (Wildman–Crippen MR) is 93.0 cm³/mol. The average molecular weight is 319 g/mol. The number of rotatable bonds is 8. The summed E-state index contributed by atoms with van der Waals surface area (Å²) in [6.07, 6.45) is 1.41. The van der Waals surface area contributed by atoms with Gasteiger partial charge in [0.25, 0.3) is 0 Å². The van der Waals surface area contributed by atoms with E-state index >= 15 is 0 Å². The first kappa shape index (κ1) is 17.8. The fourth-order valence-corrected chi connectivity index (χ4v) is 2.67. The Morgan fingerprint density at radius 3 is 2.87 bits per heavy atom. The van der Waals surface area contributed by atoms with E-state index in [4.69, 9.17) is 4.74 Å². The zero-order chi connectivity index (χ0) is 16.5. The molecule has 1 saturated heterocycles. The molecule has 0 radical (unpaired) electrons. The number of ether oxygens (including phenoxy) is 1. The molecule has 0 spiro atoms. The van der Waals surface area contributed by atoms with Crippen molar-refractivity contribution in [1.29, 1.82) is 0 Å². The van der Waals surface area contributed by atoms with Crippen molar-refractivity contribution in [3.05, 3.63) is 29.3 Å². The summed E-state index contributed by atoms with van der Waals surface area (Å²) in [5, 5.41) is 6.32. The normalized spacial score (nSPS) is 15.4. The second-order valence-electron chi connectivity index (χ2n) is 6.16. The van der Waals surface area contributed by atoms with Gasteiger partial charge in [-0.15, -0.1) is 0 Å². The van der Waals surface area contributed by atoms with Gasteiger partial charge in [0.15, 0.2) is 0 Å². The Morgan fingerprint density at radius 1 is 1.30 bits per heavy atom. The molecule has 1 fully saturated rings. The summed E-state index contributed by atoms with van der Waals surface area (Å²) >= 11 is 0. The van der Waals surface area contributed by atoms with Gasteiger partial charge in [-0.25, -0.2) is 0 Å². The van der Waals surface area contributed by atoms with Crippen LogP contribution in [0.2, 0.25) is 0 Å². The molecule has 0 aliphatic carbocycles. The summed E-state index contributed by atoms with van der Waals surface area (Å²) in [7, 11) is 0. The van der Waals surface area contributed by atoms with Crippen molar-refractivity contribution in [3.8, 4) is 5.75 Å². The van der Waals surface area contributed by atoms with E-state index < -0.39 is 0 Å². The molecule has 0 atom stereocenters. The van der Waals surface area contributed by atoms with Gasteiger partial charge >= 0.3 is 0 Å². The largest absolute Gasteiger partial charge is 0.493 e. The van der Waals surface area contributed by atoms with Crippen LogP contribution in [0.25, 0.3) is 0 Å². The van der Waals surface area contributed by atoms with Crippen molar-refractivity contribution in [3.63, 3.8) is 0 Å². The third-order valence-corrected chi connectivity index (χ3v) is 4.11. The molecule has 2 N–H and O–H groups in total. The van der Waals surface area contributed by atoms with E-state index in [0.29, 0.717) is 13.0 Å². The number of aryl methyl sites for hydroxylation is 2. The van der Waals surface area contributed by atoms with Gasteiger partial charge in [-0.1, -0.05) is 12.1 Å². The van der Waals surface area contributed by atoms with Crippen LogP contribution in [0, 0.1) is 13.8 Å². The summed E-state index contributed by atoms with van der Waals surface area (Å²) in [5.74, 6) is 0.937. The van der Waals surface area contributed by atoms with E-state index in [2.05, 4.69) is 21.6 Å². The fourth-order valence-electron chi connectivity index (χ4n) is 2.67. The highest BCUT2D eigenvalue weighted by Gasteiger charge is 2.09. The SMILES string of the molecule is Cc1ccc(C)c(OCCC(=O)NCCCN2CCNCC2)c1. The average Bonchev–Trinajstić information content (AvgIpc) is 2.56. The first-order chi connectivity index (χ1) is 11.1. The number of hydrogen-bond donors (Lipinski definition) is 2. The van der Waals surface area contributed by atoms with E-state index in [0.717, 1.165) is 57.0 Å². The van der Waals surface area contributed by atoms with Crippen LogP contribution in [0.4, 0.5) is 0 Å². The molecule has 23 heavy (non-hydrogen) atoms. The Bertz CT molecular complexity index is 499. The summed E-state index contributed by atoms with van der Waals surface area (Å²) in [6.45, 7) is 10.6. The number of hydrogen-bond acceptors (Lipinski definition) is 4. The molecule has 1 aromatic rings. The van der Waals surface area contributed by atoms with Crippen LogP contribution in [-0.2, 0) is 4.79 Å². The van der Waals surface area contributed by atoms with Gasteiger partial charge in [-0.2, -0.15) is 0 Å². The summed E-state index contributed by atoms with van der Waals surface area (Å²) in [6, 6.07) is 6.12. The smallest absolute Gasteiger partial charge is 0.223 e. The maximum absolute atomic E-state index is 11.8. The zero-order valence-corrected chi connectivity index (χ0v) is 14.4. The summed E-state index contributed by atoms with van der Waals surface area (Å²) in [4.78, 5) is 14.3. The lowest BCUT2D eigenvalue weighted by atomic mass is 10.1. The van der Waals surface area contributed by atoms with Crippen molar-refractivity contribution < 1.29 is 9.53 Å². The first-order valence-corrected chi connectivity index (χ1v) is 8.55. The number of benzene rings is 1. The van der Waals surface area contributed by atoms with Crippen molar-refractivity contribution >= 4 is 5.91 Å². The third-order valence-electron chi connectivity index (χ3n) is 4.11. The Morgan fingerprint density at radius 2 is 2.09 bits per heavy atom. The number of carbonyl (C=O) groups excluding carboxylic acids is 1. The summed E-state index contributed by atoms with van der Waals surface area (Å²) in [5.41, 5.74) is 2.27. The molecular formula is C18H29N3O2. The number of amides is 1. The fraction of sp³-hybridized carbons (Fsp3) is 0.611. The van der Waals surface area contributed by atoms with Gasteiger partial charge in [0, 0.05) is 32.7 Å². The molecule has 1 aliphatic heterocycles. The number of nitrogens with zero attached hydrogens (tertiary/aromatic N) is 1. The Hall–Kier alpha value is -1.59. The highest BCUT2D eigenvalue weighted by molar-refractivity contribution is 5.75. The number of carbonyl (C=O) groups is 1. The minimum atomic E-state index is 0.0654. The van der Waals surface area contributed by atoms with Gasteiger partial charge in [0.2, 0.25) is 5.91 Å². The second kappa shape index (κ2) is 9.53. The number of piperazine rings is 1. The highest BCUT2D eigenvalue weighted by atomic mass is 16.5. The first-order valence-electron chi connectivity index (χ1n) is 8.55. The molecular weight excluding hydrogens is 290 g/mol. The minimum Gasteiger partial charge on any atom is -0.493 e. The van der Waals surface area contributed by atoms with E-state index in [9.17, 15) is 4.79 Å². The molecule has 5 heteroatoms. The third kappa shape index (κ3) is 6.59. The molecule has 0 saturated carbocycles. The lowest BCUT2D eigenvalue weighted by Gasteiger charge is -2.27. The zero-order valence-electron chi connectivity index (χ0n) is 14.4. The molecule has 5 nitrogen and oxygen atoms in total. The molecule has 1 heterocycles. The van der Waals surface area contributed by atoms with Crippen LogP contribution < -0.4 is 15.4 Å². The maximum Gasteiger partial charge on any atom is 0.223 e. The Labute approximate surface area is 139 Å². The van der Waals surface area contributed by atoms with Crippen molar-refractivity contribution in [2.75, 3.05) is 45.9 Å². The van der Waals surface area contributed by atoms with E-state index in [1.54, 1.807) is 0 Å². The lowest BCUT2D eigenvalue weighted by molar-refractivity contribution is -0.121. The second-order valence-corrected chi connectivity index (χ2v) is 6.16. The molecule has 2 rings (SSSR count). The molecule has 0 unspecified atom stereocenters. The van der Waals surface area contributed by atoms with Crippen LogP contribution in [0.1, 0.15) is 24.0 Å². The molecule has 1 aromatic carbocycles. The lowest BCUT2D eigenvalue weighted by Crippen LogP contribution is -2.44. The van der Waals surface area contributed by atoms with Crippen molar-refractivity contribution in [2.24, 2.45) is 0 Å². The molecule has 1 amide bonds. The molecule has 0 aromatic heterocycles. The highest BCUT2D eigenvalue weighted by Crippen LogP contribution is 2.19. The molecule has 128 valence electrons. The van der Waals surface area contributed by atoms with Crippen molar-refractivity contribution in [2.45, 2.75) is 26.7 Å². The van der Waals surface area contributed by atoms with E-state index in [1.165, 1.54) is 5.56 Å². The van der Waals surface area contributed by atoms with Crippen LogP contribution in [0.5, 0.6) is 5.75 Å². The Balaban J connectivity index is 1.55. The molecule has 1 aliphatic rings. The van der Waals surface area contributed by atoms with Gasteiger partial charge < -0.3 is 20.3 Å². The summed E-state index contributed by atoms with van der Waals surface area (Å²) < 4.78 is 5.71.